The lowest BCUT2D eigenvalue weighted by molar-refractivity contribution is -0.167. The van der Waals surface area contributed by atoms with Gasteiger partial charge in [0.05, 0.1) is 19.8 Å². The molecule has 2 atom stereocenters. The summed E-state index contributed by atoms with van der Waals surface area (Å²) in [5, 5.41) is 0. The van der Waals surface area contributed by atoms with E-state index in [2.05, 4.69) is 0 Å². The fourth-order valence-corrected chi connectivity index (χ4v) is 2.84. The molecule has 0 unspecified atom stereocenters. The second-order valence-electron chi connectivity index (χ2n) is 5.65. The number of hydrogen-bond acceptors (Lipinski definition) is 4. The molecule has 0 N–H and O–H groups in total. The molecule has 1 aromatic rings. The van der Waals surface area contributed by atoms with Crippen LogP contribution in [0.4, 0.5) is 29.3 Å². The first-order valence-electron chi connectivity index (χ1n) is 7.35. The van der Waals surface area contributed by atoms with Gasteiger partial charge >= 0.3 is 12.3 Å². The predicted molar refractivity (Wildman–Crippen MR) is 77.7 cm³/mol. The molecule has 1 aromatic carbocycles. The lowest BCUT2D eigenvalue weighted by Crippen LogP contribution is -2.53. The molecule has 2 heterocycles. The third kappa shape index (κ3) is 3.21. The molecule has 2 aliphatic heterocycles. The maximum Gasteiger partial charge on any atom is 0.414 e. The van der Waals surface area contributed by atoms with Gasteiger partial charge in [0.1, 0.15) is 12.1 Å². The predicted octanol–water partition coefficient (Wildman–Crippen LogP) is 2.80. The number of nitrogens with zero attached hydrogens (tertiary/aromatic N) is 2. The van der Waals surface area contributed by atoms with Crippen LogP contribution in [-0.2, 0) is 9.47 Å². The molecule has 2 fully saturated rings. The Hall–Kier alpha value is -1.96. The molecule has 8 heteroatoms. The Morgan fingerprint density at radius 2 is 2.00 bits per heavy atom. The number of alkyl halides is 3. The number of carbonyl (C=O) groups excluding carboxylic acids is 1. The van der Waals surface area contributed by atoms with E-state index < -0.39 is 24.9 Å². The van der Waals surface area contributed by atoms with Gasteiger partial charge in [-0.15, -0.1) is 0 Å². The minimum absolute atomic E-state index is 0.147. The van der Waals surface area contributed by atoms with Crippen molar-refractivity contribution in [3.05, 3.63) is 24.3 Å². The monoisotopic (exact) mass is 330 g/mol. The molecule has 0 bridgehead atoms. The number of rotatable bonds is 2. The van der Waals surface area contributed by atoms with Crippen molar-refractivity contribution < 1.29 is 27.4 Å². The Balaban J connectivity index is 1.88. The summed E-state index contributed by atoms with van der Waals surface area (Å²) in [6, 6.07) is 4.84. The minimum atomic E-state index is -4.38. The average Bonchev–Trinajstić information content (AvgIpc) is 2.85. The van der Waals surface area contributed by atoms with Crippen molar-refractivity contribution in [3.63, 3.8) is 0 Å². The van der Waals surface area contributed by atoms with Crippen LogP contribution < -0.4 is 9.80 Å². The van der Waals surface area contributed by atoms with E-state index in [1.54, 1.807) is 31.2 Å². The quantitative estimate of drug-likeness (QED) is 0.836. The van der Waals surface area contributed by atoms with Crippen LogP contribution in [0.25, 0.3) is 0 Å². The number of hydrogen-bond donors (Lipinski definition) is 0. The smallest absolute Gasteiger partial charge is 0.414 e. The Bertz CT molecular complexity index is 594. The van der Waals surface area contributed by atoms with Crippen molar-refractivity contribution in [2.24, 2.45) is 0 Å². The third-order valence-electron chi connectivity index (χ3n) is 3.94. The number of benzene rings is 1. The Morgan fingerprint density at radius 1 is 1.26 bits per heavy atom. The summed E-state index contributed by atoms with van der Waals surface area (Å²) in [7, 11) is 0. The third-order valence-corrected chi connectivity index (χ3v) is 3.94. The molecule has 2 saturated heterocycles. The minimum Gasteiger partial charge on any atom is -0.444 e. The van der Waals surface area contributed by atoms with Gasteiger partial charge in [0, 0.05) is 17.9 Å². The van der Waals surface area contributed by atoms with E-state index in [0.717, 1.165) is 0 Å². The van der Waals surface area contributed by atoms with Gasteiger partial charge in [-0.3, -0.25) is 4.90 Å². The SMILES string of the molecule is C[C@H]1CN(c2cccc(N3CCOC[C@H]3C(F)(F)F)c2)C(=O)O1. The fourth-order valence-electron chi connectivity index (χ4n) is 2.84. The highest BCUT2D eigenvalue weighted by molar-refractivity contribution is 5.90. The maximum atomic E-state index is 13.2. The summed E-state index contributed by atoms with van der Waals surface area (Å²) in [6.45, 7) is 2.14. The molecule has 0 spiro atoms. The number of cyclic esters (lactones) is 1. The van der Waals surface area contributed by atoms with Crippen LogP contribution in [0, 0.1) is 0 Å². The van der Waals surface area contributed by atoms with Crippen LogP contribution in [0.1, 0.15) is 6.92 Å². The number of carbonyl (C=O) groups is 1. The van der Waals surface area contributed by atoms with Crippen LogP contribution in [0.15, 0.2) is 24.3 Å². The van der Waals surface area contributed by atoms with Gasteiger partial charge in [-0.25, -0.2) is 4.79 Å². The van der Waals surface area contributed by atoms with E-state index in [1.165, 1.54) is 9.80 Å². The lowest BCUT2D eigenvalue weighted by atomic mass is 10.1. The van der Waals surface area contributed by atoms with Crippen LogP contribution in [0.2, 0.25) is 0 Å². The molecule has 1 amide bonds. The lowest BCUT2D eigenvalue weighted by Gasteiger charge is -2.38. The largest absolute Gasteiger partial charge is 0.444 e. The molecule has 0 saturated carbocycles. The normalized spacial score (nSPS) is 25.7. The summed E-state index contributed by atoms with van der Waals surface area (Å²) in [5.41, 5.74) is 0.949. The van der Waals surface area contributed by atoms with E-state index in [1.807, 2.05) is 0 Å². The van der Waals surface area contributed by atoms with Gasteiger partial charge in [0.15, 0.2) is 0 Å². The standard InChI is InChI=1S/C15H17F3N2O3/c1-10-8-20(14(21)23-10)12-4-2-3-11(7-12)19-5-6-22-9-13(19)15(16,17)18/h2-4,7,10,13H,5-6,8-9H2,1H3/t10-,13-/m0/s1. The van der Waals surface area contributed by atoms with Crippen molar-refractivity contribution in [2.75, 3.05) is 36.1 Å². The second-order valence-corrected chi connectivity index (χ2v) is 5.65. The highest BCUT2D eigenvalue weighted by Crippen LogP contribution is 2.33. The van der Waals surface area contributed by atoms with Gasteiger partial charge in [0.2, 0.25) is 0 Å². The molecule has 23 heavy (non-hydrogen) atoms. The first-order chi connectivity index (χ1) is 10.9. The average molecular weight is 330 g/mol. The summed E-state index contributed by atoms with van der Waals surface area (Å²) in [5.74, 6) is 0. The molecule has 5 nitrogen and oxygen atoms in total. The topological polar surface area (TPSA) is 42.0 Å². The van der Waals surface area contributed by atoms with Crippen molar-refractivity contribution >= 4 is 17.5 Å². The summed E-state index contributed by atoms with van der Waals surface area (Å²) >= 11 is 0. The summed E-state index contributed by atoms with van der Waals surface area (Å²) in [6.07, 6.45) is -5.10. The van der Waals surface area contributed by atoms with Crippen molar-refractivity contribution in [2.45, 2.75) is 25.2 Å². The Morgan fingerprint density at radius 3 is 2.65 bits per heavy atom. The molecular weight excluding hydrogens is 313 g/mol. The molecule has 0 radical (unpaired) electrons. The Labute approximate surface area is 131 Å². The van der Waals surface area contributed by atoms with E-state index in [0.29, 0.717) is 17.9 Å². The molecule has 0 aliphatic carbocycles. The number of amides is 1. The van der Waals surface area contributed by atoms with E-state index in [9.17, 15) is 18.0 Å². The molecule has 3 rings (SSSR count). The highest BCUT2D eigenvalue weighted by atomic mass is 19.4. The number of anilines is 2. The van der Waals surface area contributed by atoms with Crippen molar-refractivity contribution in [3.8, 4) is 0 Å². The first-order valence-corrected chi connectivity index (χ1v) is 7.35. The van der Waals surface area contributed by atoms with Crippen molar-refractivity contribution in [1.29, 1.82) is 0 Å². The van der Waals surface area contributed by atoms with Gasteiger partial charge in [0.25, 0.3) is 0 Å². The number of ether oxygens (including phenoxy) is 2. The zero-order valence-corrected chi connectivity index (χ0v) is 12.5. The van der Waals surface area contributed by atoms with Crippen LogP contribution in [0.5, 0.6) is 0 Å². The van der Waals surface area contributed by atoms with E-state index in [4.69, 9.17) is 9.47 Å². The fraction of sp³-hybridized carbons (Fsp3) is 0.533. The number of halogens is 3. The molecule has 126 valence electrons. The maximum absolute atomic E-state index is 13.2. The van der Waals surface area contributed by atoms with Gasteiger partial charge in [-0.1, -0.05) is 6.07 Å². The van der Waals surface area contributed by atoms with Crippen molar-refractivity contribution in [1.82, 2.24) is 0 Å². The van der Waals surface area contributed by atoms with E-state index >= 15 is 0 Å². The second kappa shape index (κ2) is 5.92. The van der Waals surface area contributed by atoms with Gasteiger partial charge in [-0.2, -0.15) is 13.2 Å². The zero-order chi connectivity index (χ0) is 16.6. The summed E-state index contributed by atoms with van der Waals surface area (Å²) < 4.78 is 49.6. The number of morpholine rings is 1. The summed E-state index contributed by atoms with van der Waals surface area (Å²) in [4.78, 5) is 14.5. The van der Waals surface area contributed by atoms with Crippen LogP contribution in [0.3, 0.4) is 0 Å². The van der Waals surface area contributed by atoms with Gasteiger partial charge in [-0.05, 0) is 25.1 Å². The van der Waals surface area contributed by atoms with Crippen LogP contribution in [-0.4, -0.2) is 50.7 Å². The van der Waals surface area contributed by atoms with Crippen LogP contribution >= 0.6 is 0 Å². The molecular formula is C15H17F3N2O3. The van der Waals surface area contributed by atoms with Gasteiger partial charge < -0.3 is 14.4 Å². The van der Waals surface area contributed by atoms with E-state index in [-0.39, 0.29) is 19.3 Å². The zero-order valence-electron chi connectivity index (χ0n) is 12.5. The first kappa shape index (κ1) is 15.9. The highest BCUT2D eigenvalue weighted by Gasteiger charge is 2.45. The molecule has 2 aliphatic rings. The Kier molecular flexibility index (Phi) is 4.09. The molecule has 0 aromatic heterocycles.